The summed E-state index contributed by atoms with van der Waals surface area (Å²) in [7, 11) is 1.22. The number of rotatable bonds is 4. The molecule has 0 unspecified atom stereocenters. The van der Waals surface area contributed by atoms with Gasteiger partial charge >= 0.3 is 5.69 Å². The fourth-order valence-electron chi connectivity index (χ4n) is 2.64. The van der Waals surface area contributed by atoms with Crippen molar-refractivity contribution in [3.8, 4) is 11.5 Å². The Labute approximate surface area is 155 Å². The molecule has 3 rings (SSSR count). The summed E-state index contributed by atoms with van der Waals surface area (Å²) in [5.41, 5.74) is -0.249. The Hall–Kier alpha value is -3.66. The fourth-order valence-corrected chi connectivity index (χ4v) is 2.87. The number of amides is 1. The molecule has 0 spiro atoms. The lowest BCUT2D eigenvalue weighted by Crippen LogP contribution is -2.03. The van der Waals surface area contributed by atoms with Crippen molar-refractivity contribution in [1.29, 1.82) is 0 Å². The predicted molar refractivity (Wildman–Crippen MR) is 95.9 cm³/mol. The van der Waals surface area contributed by atoms with Crippen LogP contribution in [0, 0.1) is 20.2 Å². The number of nitrogens with zero attached hydrogens (tertiary/aromatic N) is 2. The van der Waals surface area contributed by atoms with E-state index in [1.807, 2.05) is 0 Å². The third-order valence-electron chi connectivity index (χ3n) is 3.87. The number of ether oxygens (including phenoxy) is 1. The number of aromatic hydroxyl groups is 1. The molecule has 0 bridgehead atoms. The van der Waals surface area contributed by atoms with E-state index in [4.69, 9.17) is 16.3 Å². The number of anilines is 1. The maximum Gasteiger partial charge on any atom is 0.315 e. The van der Waals surface area contributed by atoms with Gasteiger partial charge in [-0.25, -0.2) is 0 Å². The topological polar surface area (TPSA) is 145 Å². The van der Waals surface area contributed by atoms with Crippen LogP contribution in [0.15, 0.2) is 24.3 Å². The zero-order chi connectivity index (χ0) is 19.9. The van der Waals surface area contributed by atoms with E-state index >= 15 is 0 Å². The molecule has 0 radical (unpaired) electrons. The minimum absolute atomic E-state index is 0.0480. The van der Waals surface area contributed by atoms with Crippen LogP contribution in [0.25, 0.3) is 11.6 Å². The SMILES string of the molecule is COc1cc(/C=C2/C(=O)Nc3cc(Cl)c([N+](=O)[O-])cc32)cc([N+](=O)[O-])c1O. The van der Waals surface area contributed by atoms with Crippen LogP contribution in [-0.2, 0) is 4.79 Å². The minimum Gasteiger partial charge on any atom is -0.500 e. The lowest BCUT2D eigenvalue weighted by molar-refractivity contribution is -0.386. The molecule has 2 aromatic carbocycles. The monoisotopic (exact) mass is 391 g/mol. The maximum absolute atomic E-state index is 12.3. The number of nitro benzene ring substituents is 2. The van der Waals surface area contributed by atoms with E-state index in [1.165, 1.54) is 25.3 Å². The van der Waals surface area contributed by atoms with E-state index in [0.29, 0.717) is 0 Å². The van der Waals surface area contributed by atoms with Crippen LogP contribution in [-0.4, -0.2) is 28.0 Å². The smallest absolute Gasteiger partial charge is 0.315 e. The molecule has 0 atom stereocenters. The van der Waals surface area contributed by atoms with E-state index in [-0.39, 0.29) is 38.8 Å². The number of methoxy groups -OCH3 is 1. The summed E-state index contributed by atoms with van der Waals surface area (Å²) in [5, 5.41) is 34.4. The van der Waals surface area contributed by atoms with Crippen molar-refractivity contribution in [1.82, 2.24) is 0 Å². The molecule has 1 heterocycles. The first-order valence-corrected chi connectivity index (χ1v) is 7.67. The molecule has 11 heteroatoms. The zero-order valence-electron chi connectivity index (χ0n) is 13.6. The number of fused-ring (bicyclic) bond motifs is 1. The van der Waals surface area contributed by atoms with Crippen LogP contribution >= 0.6 is 11.6 Å². The fraction of sp³-hybridized carbons (Fsp3) is 0.0625. The second-order valence-electron chi connectivity index (χ2n) is 5.47. The summed E-state index contributed by atoms with van der Waals surface area (Å²) in [4.78, 5) is 33.0. The molecule has 0 aromatic heterocycles. The Bertz CT molecular complexity index is 1050. The van der Waals surface area contributed by atoms with Crippen LogP contribution in [0.2, 0.25) is 5.02 Å². The summed E-state index contributed by atoms with van der Waals surface area (Å²) in [6.07, 6.45) is 1.30. The summed E-state index contributed by atoms with van der Waals surface area (Å²) >= 11 is 5.84. The maximum atomic E-state index is 12.3. The van der Waals surface area contributed by atoms with Crippen LogP contribution in [0.3, 0.4) is 0 Å². The second kappa shape index (κ2) is 6.57. The average molecular weight is 392 g/mol. The highest BCUT2D eigenvalue weighted by Gasteiger charge is 2.29. The molecule has 10 nitrogen and oxygen atoms in total. The average Bonchev–Trinajstić information content (AvgIpc) is 2.89. The minimum atomic E-state index is -0.798. The molecule has 0 saturated carbocycles. The van der Waals surface area contributed by atoms with Crippen molar-refractivity contribution < 1.29 is 24.5 Å². The molecule has 0 aliphatic carbocycles. The third kappa shape index (κ3) is 3.13. The summed E-state index contributed by atoms with van der Waals surface area (Å²) < 4.78 is 4.91. The normalized spacial score (nSPS) is 14.0. The molecule has 1 aliphatic rings. The molecule has 2 N–H and O–H groups in total. The van der Waals surface area contributed by atoms with Crippen molar-refractivity contribution >= 4 is 46.2 Å². The van der Waals surface area contributed by atoms with Gasteiger partial charge in [0.05, 0.1) is 22.6 Å². The molecule has 2 aromatic rings. The number of hydrogen-bond acceptors (Lipinski definition) is 7. The van der Waals surface area contributed by atoms with Gasteiger partial charge in [0.1, 0.15) is 5.02 Å². The van der Waals surface area contributed by atoms with Gasteiger partial charge in [-0.15, -0.1) is 0 Å². The van der Waals surface area contributed by atoms with Crippen molar-refractivity contribution in [3.63, 3.8) is 0 Å². The van der Waals surface area contributed by atoms with Gasteiger partial charge in [0.25, 0.3) is 11.6 Å². The summed E-state index contributed by atoms with van der Waals surface area (Å²) in [6, 6.07) is 4.76. The molecule has 0 fully saturated rings. The third-order valence-corrected chi connectivity index (χ3v) is 4.17. The number of halogens is 1. The molecule has 27 heavy (non-hydrogen) atoms. The standard InChI is InChI=1S/C16H10ClN3O7/c1-27-14-4-7(3-13(15(14)21)20(25)26)2-9-8-5-12(19(23)24)10(17)6-11(8)18-16(9)22/h2-6,21H,1H3,(H,18,22)/b9-2+. The van der Waals surface area contributed by atoms with Gasteiger partial charge in [0.2, 0.25) is 5.75 Å². The number of carbonyl (C=O) groups excluding carboxylic acids is 1. The number of phenols is 1. The van der Waals surface area contributed by atoms with Crippen molar-refractivity contribution in [2.45, 2.75) is 0 Å². The molecule has 1 aliphatic heterocycles. The highest BCUT2D eigenvalue weighted by Crippen LogP contribution is 2.41. The number of carbonyl (C=O) groups is 1. The van der Waals surface area contributed by atoms with Crippen molar-refractivity contribution in [2.75, 3.05) is 12.4 Å². The van der Waals surface area contributed by atoms with Gasteiger partial charge in [0, 0.05) is 23.3 Å². The first-order valence-electron chi connectivity index (χ1n) is 7.29. The molecular formula is C16H10ClN3O7. The summed E-state index contributed by atoms with van der Waals surface area (Å²) in [5.74, 6) is -1.36. The Morgan fingerprint density at radius 2 is 1.81 bits per heavy atom. The van der Waals surface area contributed by atoms with Crippen LogP contribution in [0.4, 0.5) is 17.1 Å². The Morgan fingerprint density at radius 1 is 1.15 bits per heavy atom. The number of phenolic OH excluding ortho intramolecular Hbond substituents is 1. The molecule has 0 saturated heterocycles. The Morgan fingerprint density at radius 3 is 2.41 bits per heavy atom. The molecule has 138 valence electrons. The van der Waals surface area contributed by atoms with Gasteiger partial charge in [-0.3, -0.25) is 25.0 Å². The van der Waals surface area contributed by atoms with Crippen molar-refractivity contribution in [3.05, 3.63) is 60.6 Å². The summed E-state index contributed by atoms with van der Waals surface area (Å²) in [6.45, 7) is 0. The first kappa shape index (κ1) is 18.1. The van der Waals surface area contributed by atoms with Gasteiger partial charge in [-0.05, 0) is 23.8 Å². The Balaban J connectivity index is 2.19. The van der Waals surface area contributed by atoms with E-state index in [0.717, 1.165) is 12.1 Å². The number of nitro groups is 2. The van der Waals surface area contributed by atoms with E-state index < -0.39 is 27.2 Å². The predicted octanol–water partition coefficient (Wildman–Crippen LogP) is 3.36. The van der Waals surface area contributed by atoms with Crippen LogP contribution in [0.5, 0.6) is 11.5 Å². The van der Waals surface area contributed by atoms with Crippen LogP contribution < -0.4 is 10.1 Å². The quantitative estimate of drug-likeness (QED) is 0.461. The highest BCUT2D eigenvalue weighted by molar-refractivity contribution is 6.37. The van der Waals surface area contributed by atoms with Gasteiger partial charge in [0.15, 0.2) is 5.75 Å². The Kier molecular flexibility index (Phi) is 4.42. The second-order valence-corrected chi connectivity index (χ2v) is 5.87. The van der Waals surface area contributed by atoms with E-state index in [9.17, 15) is 30.1 Å². The first-order chi connectivity index (χ1) is 12.7. The molecule has 1 amide bonds. The van der Waals surface area contributed by atoms with Crippen LogP contribution in [0.1, 0.15) is 11.1 Å². The largest absolute Gasteiger partial charge is 0.500 e. The van der Waals surface area contributed by atoms with Gasteiger partial charge in [-0.2, -0.15) is 0 Å². The highest BCUT2D eigenvalue weighted by atomic mass is 35.5. The van der Waals surface area contributed by atoms with E-state index in [1.54, 1.807) is 0 Å². The van der Waals surface area contributed by atoms with Gasteiger partial charge < -0.3 is 15.2 Å². The molecular weight excluding hydrogens is 382 g/mol. The zero-order valence-corrected chi connectivity index (χ0v) is 14.3. The number of nitrogens with one attached hydrogen (secondary N) is 1. The van der Waals surface area contributed by atoms with Crippen molar-refractivity contribution in [2.24, 2.45) is 0 Å². The lowest BCUT2D eigenvalue weighted by atomic mass is 10.0. The van der Waals surface area contributed by atoms with E-state index in [2.05, 4.69) is 5.32 Å². The number of hydrogen-bond donors (Lipinski definition) is 2. The van der Waals surface area contributed by atoms with Gasteiger partial charge in [-0.1, -0.05) is 11.6 Å². The lowest BCUT2D eigenvalue weighted by Gasteiger charge is -2.06. The number of benzene rings is 2.